The molecule has 0 aromatic rings. The largest absolute Gasteiger partial charge is 0.355 e. The lowest BCUT2D eigenvalue weighted by Crippen LogP contribution is -2.43. The molecule has 2 fully saturated rings. The first-order valence-corrected chi connectivity index (χ1v) is 6.10. The maximum atomic E-state index is 11.9. The van der Waals surface area contributed by atoms with Crippen LogP contribution in [0.5, 0.6) is 0 Å². The molecule has 1 amide bonds. The molecule has 1 heterocycles. The highest BCUT2D eigenvalue weighted by Gasteiger charge is 2.37. The molecule has 0 spiro atoms. The third kappa shape index (κ3) is 2.94. The number of nitrogens with one attached hydrogen (secondary N) is 2. The predicted molar refractivity (Wildman–Crippen MR) is 60.5 cm³/mol. The second-order valence-electron chi connectivity index (χ2n) is 5.60. The van der Waals surface area contributed by atoms with Gasteiger partial charge in [-0.25, -0.2) is 0 Å². The van der Waals surface area contributed by atoms with E-state index in [0.717, 1.165) is 25.9 Å². The minimum absolute atomic E-state index is 0.239. The van der Waals surface area contributed by atoms with Gasteiger partial charge in [0.25, 0.3) is 0 Å². The molecule has 0 aromatic carbocycles. The van der Waals surface area contributed by atoms with E-state index in [2.05, 4.69) is 24.5 Å². The van der Waals surface area contributed by atoms with Gasteiger partial charge < -0.3 is 10.6 Å². The maximum absolute atomic E-state index is 11.9. The van der Waals surface area contributed by atoms with Crippen molar-refractivity contribution < 1.29 is 4.79 Å². The Morgan fingerprint density at radius 3 is 2.87 bits per heavy atom. The number of carbonyl (C=O) groups excluding carboxylic acids is 1. The van der Waals surface area contributed by atoms with Crippen molar-refractivity contribution >= 4 is 5.91 Å². The Bertz CT molecular complexity index is 248. The first-order valence-electron chi connectivity index (χ1n) is 6.10. The van der Waals surface area contributed by atoms with Crippen molar-refractivity contribution in [1.82, 2.24) is 10.6 Å². The van der Waals surface area contributed by atoms with Crippen molar-refractivity contribution in [2.45, 2.75) is 45.6 Å². The van der Waals surface area contributed by atoms with E-state index >= 15 is 0 Å². The molecule has 2 aliphatic rings. The van der Waals surface area contributed by atoms with E-state index in [0.29, 0.717) is 11.5 Å². The van der Waals surface area contributed by atoms with E-state index in [1.807, 2.05) is 0 Å². The number of carbonyl (C=O) groups is 1. The third-order valence-electron chi connectivity index (χ3n) is 3.79. The number of piperidine rings is 1. The Morgan fingerprint density at radius 1 is 1.53 bits per heavy atom. The molecule has 2 rings (SSSR count). The summed E-state index contributed by atoms with van der Waals surface area (Å²) in [6.45, 7) is 6.26. The Labute approximate surface area is 92.0 Å². The molecule has 1 aliphatic carbocycles. The van der Waals surface area contributed by atoms with Gasteiger partial charge in [-0.05, 0) is 44.6 Å². The SMILES string of the molecule is C[C@H]1C[C@@H](C(=O)NCC2(C)CC2)CCN1. The molecule has 1 saturated carbocycles. The predicted octanol–water partition coefficient (Wildman–Crippen LogP) is 1.29. The highest BCUT2D eigenvalue weighted by Crippen LogP contribution is 2.44. The summed E-state index contributed by atoms with van der Waals surface area (Å²) in [4.78, 5) is 11.9. The summed E-state index contributed by atoms with van der Waals surface area (Å²) < 4.78 is 0. The zero-order chi connectivity index (χ0) is 10.9. The van der Waals surface area contributed by atoms with Crippen LogP contribution in [0.4, 0.5) is 0 Å². The highest BCUT2D eigenvalue weighted by atomic mass is 16.1. The zero-order valence-corrected chi connectivity index (χ0v) is 9.81. The quantitative estimate of drug-likeness (QED) is 0.737. The van der Waals surface area contributed by atoms with Gasteiger partial charge in [0.15, 0.2) is 0 Å². The average molecular weight is 210 g/mol. The molecule has 0 radical (unpaired) electrons. The standard InChI is InChI=1S/C12H22N2O/c1-9-7-10(3-6-13-9)11(15)14-8-12(2)4-5-12/h9-10,13H,3-8H2,1-2H3,(H,14,15)/t9-,10-/m0/s1. The molecule has 3 nitrogen and oxygen atoms in total. The van der Waals surface area contributed by atoms with Crippen molar-refractivity contribution in [3.63, 3.8) is 0 Å². The average Bonchev–Trinajstić information content (AvgIpc) is 2.94. The van der Waals surface area contributed by atoms with Gasteiger partial charge in [0.2, 0.25) is 5.91 Å². The summed E-state index contributed by atoms with van der Waals surface area (Å²) in [6, 6.07) is 0.492. The topological polar surface area (TPSA) is 41.1 Å². The summed E-state index contributed by atoms with van der Waals surface area (Å²) in [7, 11) is 0. The van der Waals surface area contributed by atoms with Crippen LogP contribution in [0.25, 0.3) is 0 Å². The molecule has 15 heavy (non-hydrogen) atoms. The highest BCUT2D eigenvalue weighted by molar-refractivity contribution is 5.78. The van der Waals surface area contributed by atoms with Crippen LogP contribution >= 0.6 is 0 Å². The Kier molecular flexibility index (Phi) is 3.01. The normalized spacial score (nSPS) is 33.5. The van der Waals surface area contributed by atoms with Gasteiger partial charge in [0.05, 0.1) is 0 Å². The molecular weight excluding hydrogens is 188 g/mol. The lowest BCUT2D eigenvalue weighted by Gasteiger charge is -2.27. The van der Waals surface area contributed by atoms with Crippen LogP contribution in [-0.2, 0) is 4.79 Å². The van der Waals surface area contributed by atoms with Gasteiger partial charge in [-0.3, -0.25) is 4.79 Å². The van der Waals surface area contributed by atoms with Crippen molar-refractivity contribution in [2.24, 2.45) is 11.3 Å². The smallest absolute Gasteiger partial charge is 0.223 e. The molecule has 0 bridgehead atoms. The van der Waals surface area contributed by atoms with Gasteiger partial charge in [-0.1, -0.05) is 6.92 Å². The van der Waals surface area contributed by atoms with Gasteiger partial charge in [0.1, 0.15) is 0 Å². The molecule has 0 unspecified atom stereocenters. The van der Waals surface area contributed by atoms with Crippen LogP contribution < -0.4 is 10.6 Å². The summed E-state index contributed by atoms with van der Waals surface area (Å²) in [5.74, 6) is 0.514. The molecular formula is C12H22N2O. The maximum Gasteiger partial charge on any atom is 0.223 e. The van der Waals surface area contributed by atoms with Crippen LogP contribution in [0.3, 0.4) is 0 Å². The Hall–Kier alpha value is -0.570. The number of amides is 1. The fourth-order valence-corrected chi connectivity index (χ4v) is 2.21. The summed E-state index contributed by atoms with van der Waals surface area (Å²) >= 11 is 0. The summed E-state index contributed by atoms with van der Waals surface area (Å²) in [5.41, 5.74) is 0.425. The fraction of sp³-hybridized carbons (Fsp3) is 0.917. The zero-order valence-electron chi connectivity index (χ0n) is 9.81. The number of hydrogen-bond acceptors (Lipinski definition) is 2. The monoisotopic (exact) mass is 210 g/mol. The second kappa shape index (κ2) is 4.12. The lowest BCUT2D eigenvalue weighted by atomic mass is 9.92. The van der Waals surface area contributed by atoms with Crippen molar-refractivity contribution in [2.75, 3.05) is 13.1 Å². The van der Waals surface area contributed by atoms with Crippen LogP contribution in [0.1, 0.15) is 39.5 Å². The van der Waals surface area contributed by atoms with E-state index < -0.39 is 0 Å². The van der Waals surface area contributed by atoms with Gasteiger partial charge in [0, 0.05) is 18.5 Å². The fourth-order valence-electron chi connectivity index (χ4n) is 2.21. The second-order valence-corrected chi connectivity index (χ2v) is 5.60. The van der Waals surface area contributed by atoms with Crippen LogP contribution in [0, 0.1) is 11.3 Å². The van der Waals surface area contributed by atoms with E-state index in [1.165, 1.54) is 12.8 Å². The van der Waals surface area contributed by atoms with Crippen molar-refractivity contribution in [1.29, 1.82) is 0 Å². The summed E-state index contributed by atoms with van der Waals surface area (Å²) in [5, 5.41) is 6.48. The lowest BCUT2D eigenvalue weighted by molar-refractivity contribution is -0.126. The Morgan fingerprint density at radius 2 is 2.27 bits per heavy atom. The van der Waals surface area contributed by atoms with Gasteiger partial charge in [-0.2, -0.15) is 0 Å². The number of rotatable bonds is 3. The van der Waals surface area contributed by atoms with E-state index in [-0.39, 0.29) is 11.8 Å². The first kappa shape index (κ1) is 10.9. The van der Waals surface area contributed by atoms with E-state index in [1.54, 1.807) is 0 Å². The molecule has 0 aromatic heterocycles. The minimum Gasteiger partial charge on any atom is -0.355 e. The van der Waals surface area contributed by atoms with Crippen LogP contribution in [-0.4, -0.2) is 25.0 Å². The van der Waals surface area contributed by atoms with E-state index in [4.69, 9.17) is 0 Å². The van der Waals surface area contributed by atoms with Crippen LogP contribution in [0.2, 0.25) is 0 Å². The minimum atomic E-state index is 0.239. The van der Waals surface area contributed by atoms with Gasteiger partial charge in [-0.15, -0.1) is 0 Å². The molecule has 2 N–H and O–H groups in total. The number of hydrogen-bond donors (Lipinski definition) is 2. The van der Waals surface area contributed by atoms with Crippen molar-refractivity contribution in [3.05, 3.63) is 0 Å². The molecule has 2 atom stereocenters. The first-order chi connectivity index (χ1) is 7.09. The summed E-state index contributed by atoms with van der Waals surface area (Å²) in [6.07, 6.45) is 4.53. The Balaban J connectivity index is 1.74. The molecule has 86 valence electrons. The van der Waals surface area contributed by atoms with Gasteiger partial charge >= 0.3 is 0 Å². The molecule has 1 aliphatic heterocycles. The molecule has 1 saturated heterocycles. The van der Waals surface area contributed by atoms with Crippen molar-refractivity contribution in [3.8, 4) is 0 Å². The third-order valence-corrected chi connectivity index (χ3v) is 3.79. The van der Waals surface area contributed by atoms with E-state index in [9.17, 15) is 4.79 Å². The molecule has 3 heteroatoms. The van der Waals surface area contributed by atoms with Crippen LogP contribution in [0.15, 0.2) is 0 Å².